The standard InChI is InChI=1S/C31H32O/c1-2-3-16-25-32-30(26-17-8-4-9-18-26)31(27-19-10-5-11-20-27,28-21-12-6-13-22-28)29-23-14-7-15-24-29/h4-15,17-24,30H,2-3,16,25H2,1H3. The molecule has 162 valence electrons. The predicted molar refractivity (Wildman–Crippen MR) is 134 cm³/mol. The maximum atomic E-state index is 6.86. The Balaban J connectivity index is 1.99. The Kier molecular flexibility index (Phi) is 7.53. The molecular formula is C31H32O. The fraction of sp³-hybridized carbons (Fsp3) is 0.226. The number of ether oxygens (including phenoxy) is 1. The van der Waals surface area contributed by atoms with Crippen LogP contribution in [0.25, 0.3) is 0 Å². The first-order valence-electron chi connectivity index (χ1n) is 11.7. The maximum Gasteiger partial charge on any atom is 0.100 e. The third-order valence-corrected chi connectivity index (χ3v) is 6.22. The summed E-state index contributed by atoms with van der Waals surface area (Å²) in [7, 11) is 0. The molecule has 4 rings (SSSR count). The predicted octanol–water partition coefficient (Wildman–Crippen LogP) is 7.97. The molecule has 0 aromatic heterocycles. The van der Waals surface area contributed by atoms with Crippen molar-refractivity contribution in [3.05, 3.63) is 144 Å². The summed E-state index contributed by atoms with van der Waals surface area (Å²) >= 11 is 0. The van der Waals surface area contributed by atoms with Crippen LogP contribution in [0.5, 0.6) is 0 Å². The molecule has 0 aliphatic rings. The monoisotopic (exact) mass is 420 g/mol. The lowest BCUT2D eigenvalue weighted by molar-refractivity contribution is 0.0165. The van der Waals surface area contributed by atoms with E-state index in [1.54, 1.807) is 0 Å². The van der Waals surface area contributed by atoms with Gasteiger partial charge < -0.3 is 4.74 Å². The molecule has 0 radical (unpaired) electrons. The van der Waals surface area contributed by atoms with Crippen LogP contribution in [0.3, 0.4) is 0 Å². The first-order chi connectivity index (χ1) is 15.9. The average molecular weight is 421 g/mol. The van der Waals surface area contributed by atoms with Crippen molar-refractivity contribution < 1.29 is 4.74 Å². The van der Waals surface area contributed by atoms with Gasteiger partial charge in [-0.25, -0.2) is 0 Å². The molecule has 0 aliphatic carbocycles. The second-order valence-corrected chi connectivity index (χ2v) is 8.27. The van der Waals surface area contributed by atoms with Gasteiger partial charge in [0.25, 0.3) is 0 Å². The molecule has 0 heterocycles. The van der Waals surface area contributed by atoms with Crippen molar-refractivity contribution in [3.63, 3.8) is 0 Å². The Morgan fingerprint density at radius 3 is 1.38 bits per heavy atom. The summed E-state index contributed by atoms with van der Waals surface area (Å²) in [4.78, 5) is 0. The number of hydrogen-bond acceptors (Lipinski definition) is 1. The molecule has 32 heavy (non-hydrogen) atoms. The number of hydrogen-bond donors (Lipinski definition) is 0. The van der Waals surface area contributed by atoms with Crippen molar-refractivity contribution in [3.8, 4) is 0 Å². The van der Waals surface area contributed by atoms with Gasteiger partial charge >= 0.3 is 0 Å². The highest BCUT2D eigenvalue weighted by Crippen LogP contribution is 2.50. The lowest BCUT2D eigenvalue weighted by Gasteiger charge is -2.43. The molecule has 0 spiro atoms. The van der Waals surface area contributed by atoms with Crippen LogP contribution in [-0.2, 0) is 10.2 Å². The van der Waals surface area contributed by atoms with E-state index in [9.17, 15) is 0 Å². The minimum atomic E-state index is -0.475. The first kappa shape index (κ1) is 22.0. The highest BCUT2D eigenvalue weighted by Gasteiger charge is 2.45. The Morgan fingerprint density at radius 1 is 0.562 bits per heavy atom. The normalized spacial score (nSPS) is 12.4. The van der Waals surface area contributed by atoms with E-state index < -0.39 is 5.41 Å². The van der Waals surface area contributed by atoms with Crippen LogP contribution in [0, 0.1) is 0 Å². The zero-order chi connectivity index (χ0) is 22.1. The van der Waals surface area contributed by atoms with Crippen LogP contribution in [0.15, 0.2) is 121 Å². The van der Waals surface area contributed by atoms with Gasteiger partial charge in [0.05, 0.1) is 5.41 Å². The molecule has 0 amide bonds. The van der Waals surface area contributed by atoms with Gasteiger partial charge in [-0.3, -0.25) is 0 Å². The van der Waals surface area contributed by atoms with Gasteiger partial charge in [0.2, 0.25) is 0 Å². The van der Waals surface area contributed by atoms with Gasteiger partial charge in [-0.2, -0.15) is 0 Å². The molecule has 0 saturated heterocycles. The largest absolute Gasteiger partial charge is 0.372 e. The Morgan fingerprint density at radius 2 is 0.969 bits per heavy atom. The number of rotatable bonds is 10. The molecular weight excluding hydrogens is 388 g/mol. The van der Waals surface area contributed by atoms with Crippen LogP contribution in [0.1, 0.15) is 54.5 Å². The Hall–Kier alpha value is -3.16. The fourth-order valence-electron chi connectivity index (χ4n) is 4.71. The smallest absolute Gasteiger partial charge is 0.100 e. The number of unbranched alkanes of at least 4 members (excludes halogenated alkanes) is 2. The van der Waals surface area contributed by atoms with E-state index in [0.29, 0.717) is 0 Å². The maximum absolute atomic E-state index is 6.86. The molecule has 0 aliphatic heterocycles. The van der Waals surface area contributed by atoms with Gasteiger partial charge in [0.15, 0.2) is 0 Å². The third kappa shape index (κ3) is 4.54. The Labute approximate surface area is 192 Å². The summed E-state index contributed by atoms with van der Waals surface area (Å²) in [5.41, 5.74) is 4.43. The van der Waals surface area contributed by atoms with Crippen molar-refractivity contribution in [2.45, 2.75) is 37.7 Å². The van der Waals surface area contributed by atoms with Gasteiger partial charge in [0, 0.05) is 6.61 Å². The summed E-state index contributed by atoms with van der Waals surface area (Å²) < 4.78 is 6.86. The lowest BCUT2D eigenvalue weighted by atomic mass is 9.64. The van der Waals surface area contributed by atoms with Crippen molar-refractivity contribution >= 4 is 0 Å². The first-order valence-corrected chi connectivity index (χ1v) is 11.7. The minimum absolute atomic E-state index is 0.159. The molecule has 0 bridgehead atoms. The molecule has 1 nitrogen and oxygen atoms in total. The van der Waals surface area contributed by atoms with E-state index in [1.165, 1.54) is 35.1 Å². The van der Waals surface area contributed by atoms with Gasteiger partial charge in [-0.05, 0) is 28.7 Å². The van der Waals surface area contributed by atoms with Crippen LogP contribution in [0.2, 0.25) is 0 Å². The molecule has 1 unspecified atom stereocenters. The zero-order valence-electron chi connectivity index (χ0n) is 18.9. The van der Waals surface area contributed by atoms with E-state index in [2.05, 4.69) is 128 Å². The van der Waals surface area contributed by atoms with Crippen molar-refractivity contribution in [1.82, 2.24) is 0 Å². The van der Waals surface area contributed by atoms with Crippen LogP contribution in [-0.4, -0.2) is 6.61 Å². The highest BCUT2D eigenvalue weighted by atomic mass is 16.5. The summed E-state index contributed by atoms with van der Waals surface area (Å²) in [5.74, 6) is 0. The average Bonchev–Trinajstić information content (AvgIpc) is 2.88. The van der Waals surface area contributed by atoms with Crippen molar-refractivity contribution in [1.29, 1.82) is 0 Å². The molecule has 0 saturated carbocycles. The van der Waals surface area contributed by atoms with E-state index >= 15 is 0 Å². The number of benzene rings is 4. The van der Waals surface area contributed by atoms with Crippen LogP contribution in [0.4, 0.5) is 0 Å². The van der Waals surface area contributed by atoms with Gasteiger partial charge in [-0.1, -0.05) is 141 Å². The lowest BCUT2D eigenvalue weighted by Crippen LogP contribution is -2.38. The van der Waals surface area contributed by atoms with Crippen LogP contribution >= 0.6 is 0 Å². The zero-order valence-corrected chi connectivity index (χ0v) is 18.9. The third-order valence-electron chi connectivity index (χ3n) is 6.22. The topological polar surface area (TPSA) is 9.23 Å². The van der Waals surface area contributed by atoms with Crippen LogP contribution < -0.4 is 0 Å². The molecule has 1 heteroatoms. The van der Waals surface area contributed by atoms with Crippen molar-refractivity contribution in [2.75, 3.05) is 6.61 Å². The van der Waals surface area contributed by atoms with E-state index in [-0.39, 0.29) is 6.10 Å². The second kappa shape index (κ2) is 10.9. The van der Waals surface area contributed by atoms with Gasteiger partial charge in [0.1, 0.15) is 6.10 Å². The van der Waals surface area contributed by atoms with Gasteiger partial charge in [-0.15, -0.1) is 0 Å². The molecule has 1 atom stereocenters. The molecule has 4 aromatic rings. The minimum Gasteiger partial charge on any atom is -0.372 e. The summed E-state index contributed by atoms with van der Waals surface area (Å²) in [6.07, 6.45) is 3.26. The molecule has 0 fully saturated rings. The Bertz CT molecular complexity index is 946. The van der Waals surface area contributed by atoms with Crippen molar-refractivity contribution in [2.24, 2.45) is 0 Å². The summed E-state index contributed by atoms with van der Waals surface area (Å²) in [5, 5.41) is 0. The second-order valence-electron chi connectivity index (χ2n) is 8.27. The summed E-state index contributed by atoms with van der Waals surface area (Å²) in [6.45, 7) is 2.97. The molecule has 4 aromatic carbocycles. The van der Waals surface area contributed by atoms with E-state index in [0.717, 1.165) is 13.0 Å². The fourth-order valence-corrected chi connectivity index (χ4v) is 4.71. The summed E-state index contributed by atoms with van der Waals surface area (Å²) in [6, 6.07) is 43.2. The quantitative estimate of drug-likeness (QED) is 0.187. The SMILES string of the molecule is CCCCCOC(c1ccccc1)C(c1ccccc1)(c1ccccc1)c1ccccc1. The molecule has 0 N–H and O–H groups in total. The van der Waals surface area contributed by atoms with E-state index in [4.69, 9.17) is 4.74 Å². The van der Waals surface area contributed by atoms with E-state index in [1.807, 2.05) is 0 Å². The highest BCUT2D eigenvalue weighted by molar-refractivity contribution is 5.53.